The molecule has 0 radical (unpaired) electrons. The number of methoxy groups -OCH3 is 1. The van der Waals surface area contributed by atoms with Crippen molar-refractivity contribution in [1.29, 1.82) is 0 Å². The van der Waals surface area contributed by atoms with Crippen molar-refractivity contribution >= 4 is 29.3 Å². The van der Waals surface area contributed by atoms with Crippen molar-refractivity contribution in [3.63, 3.8) is 0 Å². The highest BCUT2D eigenvalue weighted by Crippen LogP contribution is 2.19. The molecule has 0 unspecified atom stereocenters. The fourth-order valence-electron chi connectivity index (χ4n) is 4.89. The molecule has 9 heteroatoms. The average molecular weight is 651 g/mol. The van der Waals surface area contributed by atoms with Crippen LogP contribution >= 0.6 is 0 Å². The fraction of sp³-hybridized carbons (Fsp3) is 0.282. The molecular weight excluding hydrogens is 608 g/mol. The van der Waals surface area contributed by atoms with Crippen molar-refractivity contribution in [2.45, 2.75) is 58.4 Å². The maximum Gasteiger partial charge on any atom is 0.343 e. The summed E-state index contributed by atoms with van der Waals surface area (Å²) in [6, 6.07) is 26.1. The van der Waals surface area contributed by atoms with Gasteiger partial charge >= 0.3 is 5.97 Å². The molecule has 4 rings (SSSR count). The van der Waals surface area contributed by atoms with Crippen molar-refractivity contribution in [3.8, 4) is 17.2 Å². The maximum atomic E-state index is 13.0. The molecule has 9 nitrogen and oxygen atoms in total. The Balaban J connectivity index is 1.26. The number of unbranched alkanes of at least 4 members (excludes halogenated alkanes) is 4. The summed E-state index contributed by atoms with van der Waals surface area (Å²) in [4.78, 5) is 50.7. The minimum atomic E-state index is -0.768. The van der Waals surface area contributed by atoms with E-state index in [0.717, 1.165) is 18.4 Å². The number of anilines is 1. The van der Waals surface area contributed by atoms with Crippen LogP contribution in [0.15, 0.2) is 97.1 Å². The maximum absolute atomic E-state index is 13.0. The zero-order valence-corrected chi connectivity index (χ0v) is 27.6. The Morgan fingerprint density at radius 2 is 1.35 bits per heavy atom. The predicted octanol–water partition coefficient (Wildman–Crippen LogP) is 7.45. The lowest BCUT2D eigenvalue weighted by Gasteiger charge is -2.17. The molecule has 2 N–H and O–H groups in total. The van der Waals surface area contributed by atoms with Crippen LogP contribution in [0.1, 0.15) is 82.6 Å². The van der Waals surface area contributed by atoms with Crippen molar-refractivity contribution in [2.24, 2.45) is 0 Å². The molecule has 0 fully saturated rings. The average Bonchev–Trinajstić information content (AvgIpc) is 3.10. The topological polar surface area (TPSA) is 120 Å². The van der Waals surface area contributed by atoms with Gasteiger partial charge in [-0.15, -0.1) is 0 Å². The second-order valence-corrected chi connectivity index (χ2v) is 11.4. The number of Topliss-reactive ketones (excluding diaryl/α,β-unsaturated/α-hetero) is 1. The molecule has 0 saturated carbocycles. The van der Waals surface area contributed by atoms with Gasteiger partial charge < -0.3 is 24.8 Å². The van der Waals surface area contributed by atoms with E-state index in [9.17, 15) is 19.2 Å². The van der Waals surface area contributed by atoms with E-state index in [-0.39, 0.29) is 18.1 Å². The second kappa shape index (κ2) is 18.0. The smallest absolute Gasteiger partial charge is 0.343 e. The molecule has 0 saturated heterocycles. The third-order valence-corrected chi connectivity index (χ3v) is 7.71. The van der Waals surface area contributed by atoms with E-state index in [1.54, 1.807) is 97.1 Å². The highest BCUT2D eigenvalue weighted by Gasteiger charge is 2.19. The van der Waals surface area contributed by atoms with Crippen LogP contribution in [0.3, 0.4) is 0 Å². The van der Waals surface area contributed by atoms with Crippen LogP contribution in [0.2, 0.25) is 0 Å². The van der Waals surface area contributed by atoms with Crippen molar-refractivity contribution in [2.75, 3.05) is 19.0 Å². The first-order valence-electron chi connectivity index (χ1n) is 16.2. The number of hydrogen-bond donors (Lipinski definition) is 2. The lowest BCUT2D eigenvalue weighted by Crippen LogP contribution is -2.41. The first kappa shape index (κ1) is 35.4. The molecule has 0 bridgehead atoms. The minimum Gasteiger partial charge on any atom is -0.497 e. The van der Waals surface area contributed by atoms with Crippen LogP contribution in [0.25, 0.3) is 0 Å². The Kier molecular flexibility index (Phi) is 13.3. The molecule has 0 aliphatic rings. The Morgan fingerprint density at radius 1 is 0.688 bits per heavy atom. The monoisotopic (exact) mass is 650 g/mol. The van der Waals surface area contributed by atoms with Crippen LogP contribution < -0.4 is 24.8 Å². The molecule has 2 amide bonds. The zero-order valence-electron chi connectivity index (χ0n) is 27.6. The molecule has 4 aromatic rings. The number of ketones is 1. The lowest BCUT2D eigenvalue weighted by molar-refractivity contribution is -0.118. The van der Waals surface area contributed by atoms with Gasteiger partial charge in [0.2, 0.25) is 0 Å². The summed E-state index contributed by atoms with van der Waals surface area (Å²) in [7, 11) is 1.53. The Bertz CT molecular complexity index is 1670. The lowest BCUT2D eigenvalue weighted by atomic mass is 10.0. The standard InChI is InChI=1S/C39H42N2O7/c1-4-5-6-7-8-24-47-33-22-16-30(17-23-33)39(45)48-34-20-12-28(13-21-34)25-36(27(2)42)41-37(43)29-14-18-32(19-15-29)40-38(44)31-10-9-11-35(26-31)46-3/h9-23,26,36H,4-8,24-25H2,1-3H3,(H,40,44)(H,41,43)/t36-/m0/s1. The fourth-order valence-corrected chi connectivity index (χ4v) is 4.89. The zero-order chi connectivity index (χ0) is 34.3. The first-order valence-corrected chi connectivity index (χ1v) is 16.2. The summed E-state index contributed by atoms with van der Waals surface area (Å²) in [5.74, 6) is 0.211. The van der Waals surface area contributed by atoms with E-state index in [2.05, 4.69) is 17.6 Å². The molecule has 0 heterocycles. The van der Waals surface area contributed by atoms with Crippen LogP contribution in [-0.2, 0) is 11.2 Å². The molecule has 250 valence electrons. The van der Waals surface area contributed by atoms with Crippen molar-refractivity contribution in [1.82, 2.24) is 5.32 Å². The number of carbonyl (C=O) groups is 4. The van der Waals surface area contributed by atoms with Crippen molar-refractivity contribution < 1.29 is 33.4 Å². The molecule has 0 spiro atoms. The number of ether oxygens (including phenoxy) is 3. The summed E-state index contributed by atoms with van der Waals surface area (Å²) in [5, 5.41) is 5.58. The number of hydrogen-bond acceptors (Lipinski definition) is 7. The normalized spacial score (nSPS) is 11.2. The van der Waals surface area contributed by atoms with Crippen LogP contribution in [0.5, 0.6) is 17.2 Å². The quantitative estimate of drug-likeness (QED) is 0.0692. The molecule has 0 aromatic heterocycles. The van der Waals surface area contributed by atoms with E-state index in [1.165, 1.54) is 33.3 Å². The number of rotatable bonds is 17. The first-order chi connectivity index (χ1) is 23.2. The number of amides is 2. The van der Waals surface area contributed by atoms with Crippen LogP contribution in [-0.4, -0.2) is 43.3 Å². The van der Waals surface area contributed by atoms with E-state index in [4.69, 9.17) is 14.2 Å². The van der Waals surface area contributed by atoms with E-state index < -0.39 is 17.9 Å². The molecule has 4 aromatic carbocycles. The van der Waals surface area contributed by atoms with Gasteiger partial charge in [-0.25, -0.2) is 4.79 Å². The van der Waals surface area contributed by atoms with E-state index in [0.29, 0.717) is 46.2 Å². The van der Waals surface area contributed by atoms with Gasteiger partial charge in [0.05, 0.1) is 25.3 Å². The number of benzene rings is 4. The largest absolute Gasteiger partial charge is 0.497 e. The molecule has 0 aliphatic carbocycles. The third kappa shape index (κ3) is 10.8. The van der Waals surface area contributed by atoms with Gasteiger partial charge in [-0.3, -0.25) is 14.4 Å². The number of nitrogens with one attached hydrogen (secondary N) is 2. The highest BCUT2D eigenvalue weighted by atomic mass is 16.5. The second-order valence-electron chi connectivity index (χ2n) is 11.4. The van der Waals surface area contributed by atoms with Gasteiger partial charge in [0.1, 0.15) is 17.2 Å². The van der Waals surface area contributed by atoms with Gasteiger partial charge in [-0.05, 0) is 104 Å². The summed E-state index contributed by atoms with van der Waals surface area (Å²) in [5.41, 5.74) is 2.47. The van der Waals surface area contributed by atoms with Gasteiger partial charge in [0.15, 0.2) is 5.78 Å². The Hall–Kier alpha value is -5.44. The van der Waals surface area contributed by atoms with Gasteiger partial charge in [0.25, 0.3) is 11.8 Å². The van der Waals surface area contributed by atoms with E-state index >= 15 is 0 Å². The van der Waals surface area contributed by atoms with Gasteiger partial charge in [0, 0.05) is 16.8 Å². The van der Waals surface area contributed by atoms with E-state index in [1.807, 2.05) is 0 Å². The van der Waals surface area contributed by atoms with Gasteiger partial charge in [-0.2, -0.15) is 0 Å². The molecule has 1 atom stereocenters. The molecule has 0 aliphatic heterocycles. The summed E-state index contributed by atoms with van der Waals surface area (Å²) < 4.78 is 16.5. The Morgan fingerprint density at radius 3 is 2.02 bits per heavy atom. The number of esters is 1. The van der Waals surface area contributed by atoms with Crippen molar-refractivity contribution in [3.05, 3.63) is 119 Å². The van der Waals surface area contributed by atoms with Crippen LogP contribution in [0, 0.1) is 0 Å². The highest BCUT2D eigenvalue weighted by molar-refractivity contribution is 6.05. The number of carbonyl (C=O) groups excluding carboxylic acids is 4. The summed E-state index contributed by atoms with van der Waals surface area (Å²) in [6.45, 7) is 4.25. The molecular formula is C39H42N2O7. The van der Waals surface area contributed by atoms with Crippen LogP contribution in [0.4, 0.5) is 5.69 Å². The summed E-state index contributed by atoms with van der Waals surface area (Å²) >= 11 is 0. The molecule has 48 heavy (non-hydrogen) atoms. The Labute approximate surface area is 281 Å². The third-order valence-electron chi connectivity index (χ3n) is 7.71. The SMILES string of the molecule is CCCCCCCOc1ccc(C(=O)Oc2ccc(C[C@H](NC(=O)c3ccc(NC(=O)c4cccc(OC)c4)cc3)C(C)=O)cc2)cc1. The summed E-state index contributed by atoms with van der Waals surface area (Å²) in [6.07, 6.45) is 6.06. The predicted molar refractivity (Wildman–Crippen MR) is 185 cm³/mol. The van der Waals surface area contributed by atoms with Gasteiger partial charge in [-0.1, -0.05) is 50.8 Å². The minimum absolute atomic E-state index is 0.204.